The molecule has 0 saturated heterocycles. The van der Waals surface area contributed by atoms with Crippen molar-refractivity contribution < 1.29 is 31.1 Å². The molecular weight excluding hydrogens is 495 g/mol. The number of carbonyl (C=O) groups is 1. The zero-order valence-corrected chi connectivity index (χ0v) is 20.3. The van der Waals surface area contributed by atoms with Crippen molar-refractivity contribution in [3.05, 3.63) is 82.9 Å². The first-order valence-electron chi connectivity index (χ1n) is 11.0. The van der Waals surface area contributed by atoms with Crippen LogP contribution in [-0.4, -0.2) is 37.8 Å². The van der Waals surface area contributed by atoms with Crippen molar-refractivity contribution in [1.82, 2.24) is 4.31 Å². The predicted molar refractivity (Wildman–Crippen MR) is 131 cm³/mol. The van der Waals surface area contributed by atoms with Crippen molar-refractivity contribution in [1.29, 1.82) is 0 Å². The van der Waals surface area contributed by atoms with Gasteiger partial charge in [0.05, 0.1) is 6.26 Å². The van der Waals surface area contributed by atoms with Gasteiger partial charge in [-0.15, -0.1) is 13.2 Å². The summed E-state index contributed by atoms with van der Waals surface area (Å²) in [5.41, 5.74) is 4.86. The minimum absolute atomic E-state index is 0.304. The van der Waals surface area contributed by atoms with E-state index in [1.807, 2.05) is 24.3 Å². The van der Waals surface area contributed by atoms with Crippen molar-refractivity contribution in [3.63, 3.8) is 0 Å². The van der Waals surface area contributed by atoms with E-state index in [2.05, 4.69) is 15.4 Å². The van der Waals surface area contributed by atoms with Gasteiger partial charge in [-0.3, -0.25) is 4.79 Å². The Hall–Kier alpha value is -3.57. The maximum absolute atomic E-state index is 12.9. The molecule has 4 rings (SSSR count). The number of anilines is 3. The van der Waals surface area contributed by atoms with Gasteiger partial charge in [-0.2, -0.15) is 4.31 Å². The van der Waals surface area contributed by atoms with E-state index in [0.717, 1.165) is 28.9 Å². The van der Waals surface area contributed by atoms with Crippen LogP contribution in [0.2, 0.25) is 0 Å². The highest BCUT2D eigenvalue weighted by Gasteiger charge is 2.31. The number of halogens is 3. The van der Waals surface area contributed by atoms with Crippen LogP contribution in [0, 0.1) is 6.92 Å². The molecular formula is C25H24F3N3O4S. The summed E-state index contributed by atoms with van der Waals surface area (Å²) in [7, 11) is -3.29. The van der Waals surface area contributed by atoms with Crippen LogP contribution in [-0.2, 0) is 23.0 Å². The maximum atomic E-state index is 12.9. The predicted octanol–water partition coefficient (Wildman–Crippen LogP) is 5.21. The van der Waals surface area contributed by atoms with Crippen LogP contribution in [0.25, 0.3) is 0 Å². The Kier molecular flexibility index (Phi) is 6.96. The van der Waals surface area contributed by atoms with Crippen molar-refractivity contribution in [3.8, 4) is 5.75 Å². The molecule has 1 amide bonds. The summed E-state index contributed by atoms with van der Waals surface area (Å²) in [6, 6.07) is 15.9. The Morgan fingerprint density at radius 1 is 1.03 bits per heavy atom. The van der Waals surface area contributed by atoms with E-state index in [-0.39, 0.29) is 5.75 Å². The molecule has 0 atom stereocenters. The number of aryl methyl sites for hydroxylation is 1. The van der Waals surface area contributed by atoms with Gasteiger partial charge in [0.1, 0.15) is 5.75 Å². The second-order valence-corrected chi connectivity index (χ2v) is 10.5. The molecule has 1 heterocycles. The maximum Gasteiger partial charge on any atom is 0.573 e. The Labute approximate surface area is 206 Å². The van der Waals surface area contributed by atoms with Crippen LogP contribution < -0.4 is 15.4 Å². The molecule has 36 heavy (non-hydrogen) atoms. The van der Waals surface area contributed by atoms with E-state index in [9.17, 15) is 26.4 Å². The fourth-order valence-electron chi connectivity index (χ4n) is 4.02. The highest BCUT2D eigenvalue weighted by molar-refractivity contribution is 7.88. The summed E-state index contributed by atoms with van der Waals surface area (Å²) < 4.78 is 66.2. The molecule has 0 spiro atoms. The number of amides is 1. The van der Waals surface area contributed by atoms with Gasteiger partial charge in [0, 0.05) is 35.7 Å². The molecule has 1 aliphatic heterocycles. The minimum Gasteiger partial charge on any atom is -0.406 e. The zero-order chi connectivity index (χ0) is 26.1. The molecule has 0 bridgehead atoms. The molecule has 7 nitrogen and oxygen atoms in total. The third-order valence-electron chi connectivity index (χ3n) is 5.81. The molecule has 0 aromatic heterocycles. The summed E-state index contributed by atoms with van der Waals surface area (Å²) in [5.74, 6) is -0.798. The number of benzene rings is 3. The lowest BCUT2D eigenvalue weighted by molar-refractivity contribution is -0.274. The van der Waals surface area contributed by atoms with Crippen LogP contribution in [0.3, 0.4) is 0 Å². The summed E-state index contributed by atoms with van der Waals surface area (Å²) in [6.45, 7) is 2.47. The van der Waals surface area contributed by atoms with Gasteiger partial charge < -0.3 is 15.4 Å². The molecule has 190 valence electrons. The summed E-state index contributed by atoms with van der Waals surface area (Å²) >= 11 is 0. The number of rotatable bonds is 6. The monoisotopic (exact) mass is 519 g/mol. The SMILES string of the molecule is Cc1ccc(Nc2cccc3c2CCN(S(C)(=O)=O)C3)cc1C(=O)Nc1ccc(OC(F)(F)F)cc1. The topological polar surface area (TPSA) is 87.7 Å². The normalized spacial score (nSPS) is 14.1. The van der Waals surface area contributed by atoms with Crippen LogP contribution in [0.5, 0.6) is 5.75 Å². The quantitative estimate of drug-likeness (QED) is 0.467. The van der Waals surface area contributed by atoms with E-state index in [4.69, 9.17) is 0 Å². The van der Waals surface area contributed by atoms with Gasteiger partial charge in [-0.25, -0.2) is 8.42 Å². The molecule has 0 aliphatic carbocycles. The number of fused-ring (bicyclic) bond motifs is 1. The van der Waals surface area contributed by atoms with Gasteiger partial charge >= 0.3 is 6.36 Å². The first-order chi connectivity index (χ1) is 16.9. The summed E-state index contributed by atoms with van der Waals surface area (Å²) in [4.78, 5) is 12.9. The molecule has 3 aromatic rings. The Balaban J connectivity index is 1.50. The first-order valence-corrected chi connectivity index (χ1v) is 12.8. The Bertz CT molecular complexity index is 1390. The standard InChI is InChI=1S/C25H24F3N3O4S/c1-16-6-7-19(29-23-5-3-4-17-15-31(36(2,33)34)13-12-21(17)23)14-22(16)24(32)30-18-8-10-20(11-9-18)35-25(26,27)28/h3-11,14,29H,12-13,15H2,1-2H3,(H,30,32). The first kappa shape index (κ1) is 25.5. The number of ether oxygens (including phenoxy) is 1. The lowest BCUT2D eigenvalue weighted by atomic mass is 9.98. The number of alkyl halides is 3. The fraction of sp³-hybridized carbons (Fsp3) is 0.240. The van der Waals surface area contributed by atoms with Crippen molar-refractivity contribution in [2.45, 2.75) is 26.3 Å². The number of nitrogens with one attached hydrogen (secondary N) is 2. The minimum atomic E-state index is -4.79. The molecule has 1 aliphatic rings. The van der Waals surface area contributed by atoms with Crippen molar-refractivity contribution in [2.75, 3.05) is 23.4 Å². The summed E-state index contributed by atoms with van der Waals surface area (Å²) in [5, 5.41) is 6.01. The number of nitrogens with zero attached hydrogens (tertiary/aromatic N) is 1. The lowest BCUT2D eigenvalue weighted by Gasteiger charge is -2.28. The Morgan fingerprint density at radius 2 is 1.72 bits per heavy atom. The van der Waals surface area contributed by atoms with E-state index >= 15 is 0 Å². The average molecular weight is 520 g/mol. The zero-order valence-electron chi connectivity index (χ0n) is 19.5. The van der Waals surface area contributed by atoms with Crippen molar-refractivity contribution in [2.24, 2.45) is 0 Å². The Morgan fingerprint density at radius 3 is 2.39 bits per heavy atom. The number of hydrogen-bond acceptors (Lipinski definition) is 5. The van der Waals surface area contributed by atoms with Gasteiger partial charge in [0.15, 0.2) is 0 Å². The highest BCUT2D eigenvalue weighted by atomic mass is 32.2. The second-order valence-electron chi connectivity index (χ2n) is 8.47. The molecule has 0 saturated carbocycles. The lowest BCUT2D eigenvalue weighted by Crippen LogP contribution is -2.35. The van der Waals surface area contributed by atoms with Gasteiger partial charge in [0.25, 0.3) is 5.91 Å². The van der Waals surface area contributed by atoms with E-state index in [1.165, 1.54) is 22.7 Å². The van der Waals surface area contributed by atoms with Crippen molar-refractivity contribution >= 4 is 33.0 Å². The molecule has 3 aromatic carbocycles. The molecule has 0 fully saturated rings. The molecule has 11 heteroatoms. The second kappa shape index (κ2) is 9.82. The molecule has 0 unspecified atom stereocenters. The van der Waals surface area contributed by atoms with E-state index in [0.29, 0.717) is 42.0 Å². The number of sulfonamides is 1. The smallest absolute Gasteiger partial charge is 0.406 e. The van der Waals surface area contributed by atoms with Crippen LogP contribution in [0.4, 0.5) is 30.2 Å². The van der Waals surface area contributed by atoms with Crippen LogP contribution in [0.1, 0.15) is 27.0 Å². The largest absolute Gasteiger partial charge is 0.573 e. The van der Waals surface area contributed by atoms with Gasteiger partial charge in [-0.05, 0) is 72.5 Å². The third kappa shape index (κ3) is 6.16. The number of carbonyl (C=O) groups excluding carboxylic acids is 1. The van der Waals surface area contributed by atoms with Gasteiger partial charge in [-0.1, -0.05) is 18.2 Å². The number of hydrogen-bond donors (Lipinski definition) is 2. The van der Waals surface area contributed by atoms with E-state index < -0.39 is 22.3 Å². The average Bonchev–Trinajstić information content (AvgIpc) is 2.80. The molecule has 2 N–H and O–H groups in total. The molecule has 0 radical (unpaired) electrons. The summed E-state index contributed by atoms with van der Waals surface area (Å²) in [6.07, 6.45) is -3.04. The highest BCUT2D eigenvalue weighted by Crippen LogP contribution is 2.30. The third-order valence-corrected chi connectivity index (χ3v) is 7.06. The fourth-order valence-corrected chi connectivity index (χ4v) is 4.82. The van der Waals surface area contributed by atoms with E-state index in [1.54, 1.807) is 19.1 Å². The van der Waals surface area contributed by atoms with Gasteiger partial charge in [0.2, 0.25) is 10.0 Å². The van der Waals surface area contributed by atoms with Crippen LogP contribution in [0.15, 0.2) is 60.7 Å². The van der Waals surface area contributed by atoms with Crippen LogP contribution >= 0.6 is 0 Å².